The highest BCUT2D eigenvalue weighted by Gasteiger charge is 2.03. The number of aliphatic carboxylic acids is 1. The summed E-state index contributed by atoms with van der Waals surface area (Å²) in [5.41, 5.74) is 0. The van der Waals surface area contributed by atoms with E-state index in [0.29, 0.717) is 11.6 Å². The Morgan fingerprint density at radius 3 is 2.91 bits per heavy atom. The Labute approximate surface area is 67.6 Å². The van der Waals surface area contributed by atoms with Gasteiger partial charge in [-0.1, -0.05) is 0 Å². The van der Waals surface area contributed by atoms with E-state index in [0.717, 1.165) is 4.80 Å². The van der Waals surface area contributed by atoms with E-state index >= 15 is 0 Å². The third-order valence-corrected chi connectivity index (χ3v) is 1.20. The molecule has 0 saturated carbocycles. The molecule has 1 aromatic heterocycles. The van der Waals surface area contributed by atoms with Crippen molar-refractivity contribution in [3.05, 3.63) is 5.82 Å². The summed E-state index contributed by atoms with van der Waals surface area (Å²) in [7, 11) is 0. The Balaban J connectivity index is 2.65. The number of nitrogens with zero attached hydrogens (tertiary/aromatic N) is 4. The molecule has 1 rings (SSSR count). The quantitative estimate of drug-likeness (QED) is 0.585. The fourth-order valence-electron chi connectivity index (χ4n) is 0.528. The molecule has 0 aliphatic rings. The van der Waals surface area contributed by atoms with E-state index in [-0.39, 0.29) is 6.54 Å². The summed E-state index contributed by atoms with van der Waals surface area (Å²) >= 11 is 3.89. The van der Waals surface area contributed by atoms with Crippen LogP contribution >= 0.6 is 12.6 Å². The zero-order chi connectivity index (χ0) is 8.27. The molecular formula is C4H6N4O2S. The van der Waals surface area contributed by atoms with Crippen molar-refractivity contribution in [1.82, 2.24) is 20.2 Å². The van der Waals surface area contributed by atoms with Gasteiger partial charge in [0.25, 0.3) is 0 Å². The van der Waals surface area contributed by atoms with Crippen molar-refractivity contribution in [2.75, 3.05) is 0 Å². The Hall–Kier alpha value is -1.11. The number of carbonyl (C=O) groups is 1. The minimum absolute atomic E-state index is 0.263. The molecule has 1 N–H and O–H groups in total. The topological polar surface area (TPSA) is 80.9 Å². The fourth-order valence-corrected chi connectivity index (χ4v) is 0.654. The molecule has 0 unspecified atom stereocenters. The second-order valence-electron chi connectivity index (χ2n) is 1.79. The predicted molar refractivity (Wildman–Crippen MR) is 38.1 cm³/mol. The monoisotopic (exact) mass is 174 g/mol. The molecule has 0 aliphatic heterocycles. The Kier molecular flexibility index (Phi) is 2.42. The van der Waals surface area contributed by atoms with Gasteiger partial charge in [-0.15, -0.1) is 10.2 Å². The first-order chi connectivity index (χ1) is 5.22. The molecule has 0 aromatic carbocycles. The summed E-state index contributed by atoms with van der Waals surface area (Å²) in [5, 5.41) is 19.0. The molecule has 1 heterocycles. The number of hydrogen-bond donors (Lipinski definition) is 2. The smallest absolute Gasteiger partial charge is 0.327 e. The number of aromatic nitrogens is 4. The van der Waals surface area contributed by atoms with Crippen LogP contribution in [0.3, 0.4) is 0 Å². The molecule has 0 atom stereocenters. The van der Waals surface area contributed by atoms with Gasteiger partial charge < -0.3 is 5.11 Å². The number of rotatable bonds is 3. The third-order valence-electron chi connectivity index (χ3n) is 0.912. The van der Waals surface area contributed by atoms with Crippen LogP contribution in [0.15, 0.2) is 0 Å². The highest BCUT2D eigenvalue weighted by molar-refractivity contribution is 7.79. The largest absolute Gasteiger partial charge is 0.480 e. The Bertz CT molecular complexity index is 260. The van der Waals surface area contributed by atoms with Gasteiger partial charge in [-0.3, -0.25) is 4.79 Å². The van der Waals surface area contributed by atoms with Crippen molar-refractivity contribution in [1.29, 1.82) is 0 Å². The maximum Gasteiger partial charge on any atom is 0.327 e. The van der Waals surface area contributed by atoms with E-state index in [2.05, 4.69) is 28.0 Å². The zero-order valence-corrected chi connectivity index (χ0v) is 6.40. The van der Waals surface area contributed by atoms with Gasteiger partial charge in [0.1, 0.15) is 0 Å². The van der Waals surface area contributed by atoms with Crippen LogP contribution in [-0.2, 0) is 17.1 Å². The number of hydrogen-bond acceptors (Lipinski definition) is 5. The van der Waals surface area contributed by atoms with Crippen molar-refractivity contribution in [2.45, 2.75) is 12.3 Å². The Morgan fingerprint density at radius 1 is 1.73 bits per heavy atom. The lowest BCUT2D eigenvalue weighted by atomic mass is 10.7. The first-order valence-electron chi connectivity index (χ1n) is 2.81. The van der Waals surface area contributed by atoms with E-state index in [1.54, 1.807) is 0 Å². The van der Waals surface area contributed by atoms with Crippen molar-refractivity contribution >= 4 is 18.6 Å². The maximum atomic E-state index is 10.1. The normalized spacial score (nSPS) is 9.91. The fraction of sp³-hybridized carbons (Fsp3) is 0.500. The van der Waals surface area contributed by atoms with Gasteiger partial charge in [-0.25, -0.2) is 0 Å². The van der Waals surface area contributed by atoms with Crippen LogP contribution < -0.4 is 0 Å². The van der Waals surface area contributed by atoms with Crippen molar-refractivity contribution in [3.63, 3.8) is 0 Å². The van der Waals surface area contributed by atoms with Gasteiger partial charge in [0.15, 0.2) is 12.4 Å². The molecule has 1 aromatic rings. The molecule has 0 radical (unpaired) electrons. The van der Waals surface area contributed by atoms with Gasteiger partial charge in [0.2, 0.25) is 0 Å². The molecule has 60 valence electrons. The number of carboxylic acids is 1. The van der Waals surface area contributed by atoms with Crippen molar-refractivity contribution in [3.8, 4) is 0 Å². The minimum Gasteiger partial charge on any atom is -0.480 e. The van der Waals surface area contributed by atoms with Gasteiger partial charge >= 0.3 is 5.97 Å². The molecule has 0 spiro atoms. The number of carboxylic acid groups (broad SMARTS) is 1. The molecule has 0 aliphatic carbocycles. The molecule has 0 fully saturated rings. The van der Waals surface area contributed by atoms with Gasteiger partial charge in [-0.05, 0) is 5.21 Å². The zero-order valence-electron chi connectivity index (χ0n) is 5.51. The molecule has 6 nitrogen and oxygen atoms in total. The van der Waals surface area contributed by atoms with Crippen LogP contribution in [0.2, 0.25) is 0 Å². The molecule has 11 heavy (non-hydrogen) atoms. The lowest BCUT2D eigenvalue weighted by molar-refractivity contribution is -0.138. The summed E-state index contributed by atoms with van der Waals surface area (Å²) in [6.45, 7) is -0.263. The average Bonchev–Trinajstić information content (AvgIpc) is 2.34. The van der Waals surface area contributed by atoms with Crippen LogP contribution in [0, 0.1) is 0 Å². The SMILES string of the molecule is O=C(O)Cn1nnc(CS)n1. The molecule has 0 saturated heterocycles. The van der Waals surface area contributed by atoms with Crippen molar-refractivity contribution < 1.29 is 9.90 Å². The number of thiol groups is 1. The first kappa shape index (κ1) is 7.99. The lowest BCUT2D eigenvalue weighted by Crippen LogP contribution is -2.11. The standard InChI is InChI=1S/C4H6N4O2S/c9-4(10)1-8-6-3(2-11)5-7-8/h11H,1-2H2,(H,9,10). The number of tetrazole rings is 1. The van der Waals surface area contributed by atoms with Crippen LogP contribution in [0.5, 0.6) is 0 Å². The lowest BCUT2D eigenvalue weighted by Gasteiger charge is -1.88. The third kappa shape index (κ3) is 2.19. The van der Waals surface area contributed by atoms with Crippen LogP contribution in [0.1, 0.15) is 5.82 Å². The molecule has 7 heteroatoms. The summed E-state index contributed by atoms with van der Waals surface area (Å²) in [6.07, 6.45) is 0. The predicted octanol–water partition coefficient (Wildman–Crippen LogP) is -0.812. The first-order valence-corrected chi connectivity index (χ1v) is 3.45. The van der Waals surface area contributed by atoms with Crippen molar-refractivity contribution in [2.24, 2.45) is 0 Å². The van der Waals surface area contributed by atoms with Crippen LogP contribution in [-0.4, -0.2) is 31.3 Å². The highest BCUT2D eigenvalue weighted by Crippen LogP contribution is 1.90. The second kappa shape index (κ2) is 3.33. The summed E-state index contributed by atoms with van der Waals surface area (Å²) in [4.78, 5) is 11.1. The van der Waals surface area contributed by atoms with Gasteiger partial charge in [0, 0.05) is 0 Å². The van der Waals surface area contributed by atoms with E-state index in [9.17, 15) is 4.79 Å². The highest BCUT2D eigenvalue weighted by atomic mass is 32.1. The summed E-state index contributed by atoms with van der Waals surface area (Å²) < 4.78 is 0. The second-order valence-corrected chi connectivity index (χ2v) is 2.10. The van der Waals surface area contributed by atoms with E-state index in [1.807, 2.05) is 0 Å². The van der Waals surface area contributed by atoms with Crippen LogP contribution in [0.25, 0.3) is 0 Å². The van der Waals surface area contributed by atoms with E-state index < -0.39 is 5.97 Å². The minimum atomic E-state index is -0.992. The maximum absolute atomic E-state index is 10.1. The van der Waals surface area contributed by atoms with Gasteiger partial charge in [0.05, 0.1) is 5.75 Å². The summed E-state index contributed by atoms with van der Waals surface area (Å²) in [5.74, 6) is -0.206. The van der Waals surface area contributed by atoms with Crippen LogP contribution in [0.4, 0.5) is 0 Å². The Morgan fingerprint density at radius 2 is 2.45 bits per heavy atom. The molecular weight excluding hydrogens is 168 g/mol. The molecule has 0 amide bonds. The van der Waals surface area contributed by atoms with E-state index in [1.165, 1.54) is 0 Å². The average molecular weight is 174 g/mol. The molecule has 0 bridgehead atoms. The van der Waals surface area contributed by atoms with E-state index in [4.69, 9.17) is 5.11 Å². The van der Waals surface area contributed by atoms with Gasteiger partial charge in [-0.2, -0.15) is 17.4 Å². The summed E-state index contributed by atoms with van der Waals surface area (Å²) in [6, 6.07) is 0.